The number of hydrogen-bond acceptors (Lipinski definition) is 12. The highest BCUT2D eigenvalue weighted by Crippen LogP contribution is 2.52. The monoisotopic (exact) mass is 537 g/mol. The predicted octanol–water partition coefficient (Wildman–Crippen LogP) is 3.31. The number of nitrogens with one attached hydrogen (secondary N) is 1. The highest BCUT2D eigenvalue weighted by molar-refractivity contribution is 7.49. The zero-order chi connectivity index (χ0) is 26.8. The van der Waals surface area contributed by atoms with E-state index < -0.39 is 50.4 Å². The number of esters is 2. The van der Waals surface area contributed by atoms with Gasteiger partial charge < -0.3 is 28.1 Å². The van der Waals surface area contributed by atoms with Gasteiger partial charge in [-0.15, -0.1) is 5.48 Å². The Labute approximate surface area is 213 Å². The zero-order valence-electron chi connectivity index (χ0n) is 20.4. The molecule has 1 fully saturated rings. The van der Waals surface area contributed by atoms with Crippen LogP contribution in [0.25, 0.3) is 0 Å². The Morgan fingerprint density at radius 2 is 1.43 bits per heavy atom. The molecule has 5 atom stereocenters. The smallest absolute Gasteiger partial charge is 0.456 e. The lowest BCUT2D eigenvalue weighted by molar-refractivity contribution is -0.269. The highest BCUT2D eigenvalue weighted by atomic mass is 31.2. The van der Waals surface area contributed by atoms with Crippen molar-refractivity contribution >= 4 is 26.2 Å². The van der Waals surface area contributed by atoms with Crippen LogP contribution in [-0.4, -0.2) is 49.1 Å². The first-order chi connectivity index (χ1) is 17.7. The molecule has 0 radical (unpaired) electrons. The second kappa shape index (κ2) is 13.2. The van der Waals surface area contributed by atoms with Gasteiger partial charge in [-0.05, 0) is 30.7 Å². The maximum atomic E-state index is 13.9. The molecular weight excluding hydrogens is 509 g/mol. The van der Waals surface area contributed by atoms with Crippen molar-refractivity contribution in [3.63, 3.8) is 0 Å². The van der Waals surface area contributed by atoms with Crippen molar-refractivity contribution in [1.29, 1.82) is 0 Å². The van der Waals surface area contributed by atoms with Gasteiger partial charge in [-0.2, -0.15) is 0 Å². The number of hydrogen-bond donors (Lipinski definition) is 1. The standard InChI is InChI=1S/C24H28NO11P/c1-4-20-21(25-30-15-26)22(31-16(2)27)23(32-17(3)28)24(33-20)36-37(29,34-18-11-7-5-8-12-18)35-19-13-9-6-10-14-19/h5-15,20-25H,4H2,1-3H3/t20-,21-,22+,23+,24-/m1/s1. The first-order valence-electron chi connectivity index (χ1n) is 11.4. The number of para-hydroxylation sites is 2. The number of phosphoric ester groups is 1. The van der Waals surface area contributed by atoms with Gasteiger partial charge in [0.05, 0.1) is 6.10 Å². The van der Waals surface area contributed by atoms with E-state index in [0.717, 1.165) is 13.8 Å². The fraction of sp³-hybridized carbons (Fsp3) is 0.375. The summed E-state index contributed by atoms with van der Waals surface area (Å²) in [5, 5.41) is 0. The van der Waals surface area contributed by atoms with E-state index >= 15 is 0 Å². The number of hydroxylamine groups is 1. The van der Waals surface area contributed by atoms with Crippen LogP contribution in [0.2, 0.25) is 0 Å². The van der Waals surface area contributed by atoms with Gasteiger partial charge in [0.25, 0.3) is 0 Å². The molecular formula is C24H28NO11P. The molecule has 0 spiro atoms. The summed E-state index contributed by atoms with van der Waals surface area (Å²) >= 11 is 0. The average Bonchev–Trinajstić information content (AvgIpc) is 2.85. The van der Waals surface area contributed by atoms with Crippen LogP contribution in [0.3, 0.4) is 0 Å². The van der Waals surface area contributed by atoms with E-state index in [0.29, 0.717) is 6.42 Å². The SMILES string of the molecule is CC[C@H]1O[C@H](OP(=O)(Oc2ccccc2)Oc2ccccc2)[C@@H](OC(C)=O)[C@@H](OC(C)=O)[C@@H]1NOC=O. The van der Waals surface area contributed by atoms with E-state index in [-0.39, 0.29) is 18.0 Å². The van der Waals surface area contributed by atoms with Crippen molar-refractivity contribution in [2.45, 2.75) is 57.8 Å². The Kier molecular flexibility index (Phi) is 10.0. The Bertz CT molecular complexity index is 1040. The van der Waals surface area contributed by atoms with Gasteiger partial charge in [0.2, 0.25) is 6.29 Å². The van der Waals surface area contributed by atoms with Crippen LogP contribution in [-0.2, 0) is 42.5 Å². The minimum atomic E-state index is -4.52. The Morgan fingerprint density at radius 3 is 1.89 bits per heavy atom. The number of rotatable bonds is 12. The minimum Gasteiger partial charge on any atom is -0.456 e. The second-order valence-corrected chi connectivity index (χ2v) is 9.29. The van der Waals surface area contributed by atoms with E-state index in [2.05, 4.69) is 10.3 Å². The molecule has 0 aliphatic carbocycles. The summed E-state index contributed by atoms with van der Waals surface area (Å²) in [4.78, 5) is 39.4. The van der Waals surface area contributed by atoms with E-state index in [1.807, 2.05) is 0 Å². The Balaban J connectivity index is 1.99. The molecule has 0 unspecified atom stereocenters. The molecule has 3 rings (SSSR count). The number of carbonyl (C=O) groups is 3. The molecule has 0 aromatic heterocycles. The molecule has 37 heavy (non-hydrogen) atoms. The number of benzene rings is 2. The molecule has 2 aromatic rings. The Morgan fingerprint density at radius 1 is 0.919 bits per heavy atom. The number of carbonyl (C=O) groups excluding carboxylic acids is 3. The third-order valence-electron chi connectivity index (χ3n) is 5.07. The third kappa shape index (κ3) is 8.02. The van der Waals surface area contributed by atoms with Crippen molar-refractivity contribution in [3.05, 3.63) is 60.7 Å². The summed E-state index contributed by atoms with van der Waals surface area (Å²) in [6.07, 6.45) is -4.82. The van der Waals surface area contributed by atoms with Crippen molar-refractivity contribution in [3.8, 4) is 11.5 Å². The molecule has 1 heterocycles. The van der Waals surface area contributed by atoms with Crippen LogP contribution in [0, 0.1) is 0 Å². The molecule has 1 saturated heterocycles. The molecule has 0 saturated carbocycles. The van der Waals surface area contributed by atoms with Gasteiger partial charge in [-0.1, -0.05) is 43.3 Å². The zero-order valence-corrected chi connectivity index (χ0v) is 21.3. The second-order valence-electron chi connectivity index (χ2n) is 7.82. The van der Waals surface area contributed by atoms with Gasteiger partial charge in [0.15, 0.2) is 12.2 Å². The lowest BCUT2D eigenvalue weighted by atomic mass is 9.95. The Hall–Kier alpha value is -3.44. The summed E-state index contributed by atoms with van der Waals surface area (Å²) in [7, 11) is -4.52. The van der Waals surface area contributed by atoms with E-state index in [4.69, 9.17) is 27.8 Å². The van der Waals surface area contributed by atoms with Gasteiger partial charge >= 0.3 is 26.2 Å². The predicted molar refractivity (Wildman–Crippen MR) is 127 cm³/mol. The van der Waals surface area contributed by atoms with Crippen molar-refractivity contribution < 1.29 is 51.6 Å². The third-order valence-corrected chi connectivity index (χ3v) is 6.40. The lowest BCUT2D eigenvalue weighted by Gasteiger charge is -2.44. The number of phosphoric acid groups is 1. The summed E-state index contributed by atoms with van der Waals surface area (Å²) in [5.74, 6) is -1.15. The van der Waals surface area contributed by atoms with Gasteiger partial charge in [-0.3, -0.25) is 14.4 Å². The van der Waals surface area contributed by atoms with E-state index in [1.165, 1.54) is 0 Å². The van der Waals surface area contributed by atoms with Crippen LogP contribution < -0.4 is 14.5 Å². The summed E-state index contributed by atoms with van der Waals surface area (Å²) in [6.45, 7) is 4.15. The summed E-state index contributed by atoms with van der Waals surface area (Å²) in [5.41, 5.74) is 2.45. The molecule has 12 nitrogen and oxygen atoms in total. The molecule has 200 valence electrons. The minimum absolute atomic E-state index is 0.135. The van der Waals surface area contributed by atoms with Crippen molar-refractivity contribution in [1.82, 2.24) is 5.48 Å². The summed E-state index contributed by atoms with van der Waals surface area (Å²) in [6, 6.07) is 15.3. The number of ether oxygens (including phenoxy) is 3. The van der Waals surface area contributed by atoms with Crippen LogP contribution >= 0.6 is 7.82 Å². The lowest BCUT2D eigenvalue weighted by Crippen LogP contribution is -2.64. The normalized spacial score (nSPS) is 23.4. The quantitative estimate of drug-likeness (QED) is 0.139. The maximum absolute atomic E-state index is 13.9. The van der Waals surface area contributed by atoms with Crippen LogP contribution in [0.1, 0.15) is 27.2 Å². The molecule has 1 aliphatic heterocycles. The average molecular weight is 537 g/mol. The van der Waals surface area contributed by atoms with Crippen LogP contribution in [0.4, 0.5) is 0 Å². The van der Waals surface area contributed by atoms with Crippen LogP contribution in [0.5, 0.6) is 11.5 Å². The largest absolute Gasteiger partial charge is 0.590 e. The maximum Gasteiger partial charge on any atom is 0.590 e. The van der Waals surface area contributed by atoms with Crippen molar-refractivity contribution in [2.24, 2.45) is 0 Å². The molecule has 1 aliphatic rings. The van der Waals surface area contributed by atoms with Crippen LogP contribution in [0.15, 0.2) is 60.7 Å². The summed E-state index contributed by atoms with van der Waals surface area (Å²) < 4.78 is 47.8. The van der Waals surface area contributed by atoms with Gasteiger partial charge in [0, 0.05) is 13.8 Å². The molecule has 13 heteroatoms. The van der Waals surface area contributed by atoms with E-state index in [9.17, 15) is 18.9 Å². The van der Waals surface area contributed by atoms with E-state index in [1.54, 1.807) is 67.6 Å². The molecule has 2 aromatic carbocycles. The fourth-order valence-corrected chi connectivity index (χ4v) is 4.95. The molecule has 1 N–H and O–H groups in total. The highest BCUT2D eigenvalue weighted by Gasteiger charge is 2.53. The first-order valence-corrected chi connectivity index (χ1v) is 12.8. The van der Waals surface area contributed by atoms with Gasteiger partial charge in [-0.25, -0.2) is 9.09 Å². The van der Waals surface area contributed by atoms with Crippen molar-refractivity contribution in [2.75, 3.05) is 0 Å². The topological polar surface area (TPSA) is 145 Å². The molecule has 0 amide bonds. The van der Waals surface area contributed by atoms with Gasteiger partial charge in [0.1, 0.15) is 17.5 Å². The first kappa shape index (κ1) is 28.1. The molecule has 0 bridgehead atoms. The fourth-order valence-electron chi connectivity index (χ4n) is 3.65.